The van der Waals surface area contributed by atoms with Crippen molar-refractivity contribution in [1.82, 2.24) is 18.2 Å². The molecule has 1 fully saturated rings. The number of hydrogen-bond donors (Lipinski definition) is 0. The molecule has 1 saturated carbocycles. The highest BCUT2D eigenvalue weighted by molar-refractivity contribution is 7.86. The van der Waals surface area contributed by atoms with Crippen LogP contribution < -0.4 is 0 Å². The molecule has 0 radical (unpaired) electrons. The first-order chi connectivity index (χ1) is 10.4. The highest BCUT2D eigenvalue weighted by atomic mass is 32.2. The molecule has 0 saturated heterocycles. The third kappa shape index (κ3) is 2.92. The summed E-state index contributed by atoms with van der Waals surface area (Å²) in [6.07, 6.45) is 4.36. The minimum absolute atomic E-state index is 0.265. The third-order valence-corrected chi connectivity index (χ3v) is 6.39. The van der Waals surface area contributed by atoms with E-state index in [1.165, 1.54) is 21.5 Å². The van der Waals surface area contributed by atoms with Gasteiger partial charge in [0.1, 0.15) is 5.82 Å². The summed E-state index contributed by atoms with van der Waals surface area (Å²) in [4.78, 5) is 4.43. The maximum absolute atomic E-state index is 12.4. The summed E-state index contributed by atoms with van der Waals surface area (Å²) in [5.74, 6) is 1.53. The van der Waals surface area contributed by atoms with E-state index in [0.717, 1.165) is 24.0 Å². The van der Waals surface area contributed by atoms with E-state index in [0.29, 0.717) is 19.7 Å². The van der Waals surface area contributed by atoms with Crippen molar-refractivity contribution in [3.05, 3.63) is 17.7 Å². The van der Waals surface area contributed by atoms with E-state index in [-0.39, 0.29) is 6.04 Å². The summed E-state index contributed by atoms with van der Waals surface area (Å²) in [5.41, 5.74) is 1.03. The Kier molecular flexibility index (Phi) is 4.28. The molecule has 0 bridgehead atoms. The molecule has 1 atom stereocenters. The molecule has 124 valence electrons. The molecule has 22 heavy (non-hydrogen) atoms. The van der Waals surface area contributed by atoms with Crippen LogP contribution in [0.1, 0.15) is 37.3 Å². The van der Waals surface area contributed by atoms with Crippen LogP contribution in [0.4, 0.5) is 0 Å². The summed E-state index contributed by atoms with van der Waals surface area (Å²) in [6.45, 7) is 4.33. The van der Waals surface area contributed by atoms with Gasteiger partial charge in [0.15, 0.2) is 0 Å². The second kappa shape index (κ2) is 5.92. The first-order valence-corrected chi connectivity index (χ1v) is 9.12. The standard InChI is InChI=1S/C14H24N4O3S/c1-11-14-15-8-13(10-21-9-12-4-5-12)17(14)6-7-18(11)22(19,20)16(2)3/h8,11-12H,4-7,9-10H2,1-3H3/t11-/m1/s1. The van der Waals surface area contributed by atoms with Crippen LogP contribution in [-0.2, 0) is 28.1 Å². The summed E-state index contributed by atoms with van der Waals surface area (Å²) in [5, 5.41) is 0. The van der Waals surface area contributed by atoms with Crippen molar-refractivity contribution in [3.8, 4) is 0 Å². The second-order valence-corrected chi connectivity index (χ2v) is 8.39. The zero-order valence-corrected chi connectivity index (χ0v) is 14.2. The van der Waals surface area contributed by atoms with E-state index in [9.17, 15) is 8.42 Å². The zero-order valence-electron chi connectivity index (χ0n) is 13.4. The Balaban J connectivity index is 1.73. The average Bonchev–Trinajstić information content (AvgIpc) is 3.19. The molecule has 0 unspecified atom stereocenters. The number of fused-ring (bicyclic) bond motifs is 1. The van der Waals surface area contributed by atoms with Crippen LogP contribution in [0.5, 0.6) is 0 Å². The Labute approximate surface area is 132 Å². The number of nitrogens with zero attached hydrogens (tertiary/aromatic N) is 4. The summed E-state index contributed by atoms with van der Waals surface area (Å²) < 4.78 is 35.3. The molecule has 7 nitrogen and oxygen atoms in total. The SMILES string of the molecule is C[C@@H]1c2ncc(COCC3CC3)n2CCN1S(=O)(=O)N(C)C. The second-order valence-electron chi connectivity index (χ2n) is 6.29. The largest absolute Gasteiger partial charge is 0.375 e. The number of hydrogen-bond acceptors (Lipinski definition) is 4. The van der Waals surface area contributed by atoms with Crippen molar-refractivity contribution in [2.24, 2.45) is 5.92 Å². The first kappa shape index (κ1) is 15.9. The fourth-order valence-electron chi connectivity index (χ4n) is 2.79. The van der Waals surface area contributed by atoms with Gasteiger partial charge < -0.3 is 9.30 Å². The molecule has 1 aliphatic carbocycles. The van der Waals surface area contributed by atoms with E-state index < -0.39 is 10.2 Å². The minimum Gasteiger partial charge on any atom is -0.375 e. The lowest BCUT2D eigenvalue weighted by Crippen LogP contribution is -2.46. The zero-order chi connectivity index (χ0) is 15.9. The van der Waals surface area contributed by atoms with E-state index in [1.807, 2.05) is 13.1 Å². The van der Waals surface area contributed by atoms with Crippen molar-refractivity contribution in [2.45, 2.75) is 39.0 Å². The van der Waals surface area contributed by atoms with Gasteiger partial charge in [-0.3, -0.25) is 0 Å². The Hall–Kier alpha value is -0.960. The maximum atomic E-state index is 12.4. The smallest absolute Gasteiger partial charge is 0.282 e. The number of ether oxygens (including phenoxy) is 1. The van der Waals surface area contributed by atoms with Crippen molar-refractivity contribution in [2.75, 3.05) is 27.2 Å². The van der Waals surface area contributed by atoms with Gasteiger partial charge in [-0.15, -0.1) is 0 Å². The lowest BCUT2D eigenvalue weighted by molar-refractivity contribution is 0.105. The predicted octanol–water partition coefficient (Wildman–Crippen LogP) is 0.993. The van der Waals surface area contributed by atoms with Crippen molar-refractivity contribution >= 4 is 10.2 Å². The van der Waals surface area contributed by atoms with Gasteiger partial charge in [0.05, 0.1) is 24.5 Å². The average molecular weight is 328 g/mol. The normalized spacial score (nSPS) is 23.0. The number of rotatable bonds is 6. The lowest BCUT2D eigenvalue weighted by atomic mass is 10.2. The molecule has 0 spiro atoms. The van der Waals surface area contributed by atoms with Crippen LogP contribution in [-0.4, -0.2) is 53.8 Å². The Morgan fingerprint density at radius 2 is 2.09 bits per heavy atom. The van der Waals surface area contributed by atoms with Gasteiger partial charge in [0.2, 0.25) is 0 Å². The molecule has 2 heterocycles. The maximum Gasteiger partial charge on any atom is 0.282 e. The van der Waals surface area contributed by atoms with Gasteiger partial charge in [-0.2, -0.15) is 17.0 Å². The van der Waals surface area contributed by atoms with Gasteiger partial charge in [-0.25, -0.2) is 4.98 Å². The van der Waals surface area contributed by atoms with Crippen LogP contribution >= 0.6 is 0 Å². The molecule has 8 heteroatoms. The van der Waals surface area contributed by atoms with Crippen LogP contribution in [0.25, 0.3) is 0 Å². The van der Waals surface area contributed by atoms with Crippen molar-refractivity contribution in [3.63, 3.8) is 0 Å². The Morgan fingerprint density at radius 1 is 1.36 bits per heavy atom. The quantitative estimate of drug-likeness (QED) is 0.781. The van der Waals surface area contributed by atoms with E-state index in [1.54, 1.807) is 14.1 Å². The molecule has 1 aliphatic heterocycles. The molecule has 1 aromatic heterocycles. The fourth-order valence-corrected chi connectivity index (χ4v) is 4.02. The van der Waals surface area contributed by atoms with Crippen molar-refractivity contribution < 1.29 is 13.2 Å². The summed E-state index contributed by atoms with van der Waals surface area (Å²) >= 11 is 0. The van der Waals surface area contributed by atoms with Gasteiger partial charge in [0.25, 0.3) is 10.2 Å². The predicted molar refractivity (Wildman–Crippen MR) is 82.3 cm³/mol. The van der Waals surface area contributed by atoms with Gasteiger partial charge in [-0.1, -0.05) is 0 Å². The molecular formula is C14H24N4O3S. The molecule has 0 amide bonds. The number of aromatic nitrogens is 2. The van der Waals surface area contributed by atoms with E-state index in [4.69, 9.17) is 4.74 Å². The molecule has 0 N–H and O–H groups in total. The Morgan fingerprint density at radius 3 is 2.73 bits per heavy atom. The topological polar surface area (TPSA) is 67.7 Å². The van der Waals surface area contributed by atoms with Crippen molar-refractivity contribution in [1.29, 1.82) is 0 Å². The van der Waals surface area contributed by atoms with Gasteiger partial charge in [-0.05, 0) is 25.7 Å². The van der Waals surface area contributed by atoms with Gasteiger partial charge >= 0.3 is 0 Å². The highest BCUT2D eigenvalue weighted by Gasteiger charge is 2.36. The summed E-state index contributed by atoms with van der Waals surface area (Å²) in [7, 11) is -0.309. The van der Waals surface area contributed by atoms with Crippen LogP contribution in [0.15, 0.2) is 6.20 Å². The first-order valence-electron chi connectivity index (χ1n) is 7.72. The van der Waals surface area contributed by atoms with Crippen LogP contribution in [0.3, 0.4) is 0 Å². The lowest BCUT2D eigenvalue weighted by Gasteiger charge is -2.34. The van der Waals surface area contributed by atoms with Gasteiger partial charge in [0, 0.05) is 33.8 Å². The van der Waals surface area contributed by atoms with Crippen LogP contribution in [0, 0.1) is 5.92 Å². The monoisotopic (exact) mass is 328 g/mol. The highest BCUT2D eigenvalue weighted by Crippen LogP contribution is 2.30. The molecule has 2 aliphatic rings. The van der Waals surface area contributed by atoms with E-state index >= 15 is 0 Å². The molecule has 1 aromatic rings. The Bertz CT molecular complexity index is 637. The van der Waals surface area contributed by atoms with E-state index in [2.05, 4.69) is 9.55 Å². The minimum atomic E-state index is -3.42. The molecule has 0 aromatic carbocycles. The third-order valence-electron chi connectivity index (χ3n) is 4.38. The van der Waals surface area contributed by atoms with Crippen LogP contribution in [0.2, 0.25) is 0 Å². The summed E-state index contributed by atoms with van der Waals surface area (Å²) in [6, 6.07) is -0.265. The molecule has 3 rings (SSSR count). The number of imidazole rings is 1. The fraction of sp³-hybridized carbons (Fsp3) is 0.786. The molecular weight excluding hydrogens is 304 g/mol.